The van der Waals surface area contributed by atoms with E-state index in [0.717, 1.165) is 12.8 Å². The van der Waals surface area contributed by atoms with Gasteiger partial charge in [0.05, 0.1) is 24.2 Å². The van der Waals surface area contributed by atoms with Crippen LogP contribution >= 0.6 is 7.75 Å². The molecule has 7 N–H and O–H groups in total. The lowest BCUT2D eigenvalue weighted by Gasteiger charge is -2.24. The molecule has 6 atom stereocenters. The van der Waals surface area contributed by atoms with Crippen molar-refractivity contribution in [2.24, 2.45) is 5.73 Å². The molecule has 3 heterocycles. The van der Waals surface area contributed by atoms with E-state index in [1.54, 1.807) is 37.3 Å². The molecule has 1 amide bonds. The first-order chi connectivity index (χ1) is 27.9. The van der Waals surface area contributed by atoms with Gasteiger partial charge in [0.15, 0.2) is 6.23 Å². The van der Waals surface area contributed by atoms with Crippen LogP contribution in [-0.4, -0.2) is 87.4 Å². The van der Waals surface area contributed by atoms with E-state index in [9.17, 15) is 24.4 Å². The summed E-state index contributed by atoms with van der Waals surface area (Å²) in [6, 6.07) is 7.08. The summed E-state index contributed by atoms with van der Waals surface area (Å²) in [6.07, 6.45) is 14.4. The summed E-state index contributed by atoms with van der Waals surface area (Å²) in [4.78, 5) is 33.6. The molecule has 16 nitrogen and oxygen atoms in total. The minimum atomic E-state index is -4.34. The number of aromatic nitrogens is 3. The molecule has 1 fully saturated rings. The quantitative estimate of drug-likeness (QED) is 0.0280. The zero-order chi connectivity index (χ0) is 41.9. The first-order valence-electron chi connectivity index (χ1n) is 20.9. The van der Waals surface area contributed by atoms with Crippen LogP contribution in [0.15, 0.2) is 36.5 Å². The van der Waals surface area contributed by atoms with Crippen LogP contribution in [0.25, 0.3) is 11.0 Å². The highest BCUT2D eigenvalue weighted by molar-refractivity contribution is 7.52. The van der Waals surface area contributed by atoms with E-state index in [4.69, 9.17) is 34.7 Å². The number of nitrogens with two attached hydrogens (primary N) is 2. The third-order valence-corrected chi connectivity index (χ3v) is 11.7. The highest BCUT2D eigenvalue weighted by Gasteiger charge is 2.46. The Bertz CT molecular complexity index is 1750. The molecule has 1 aliphatic rings. The van der Waals surface area contributed by atoms with Crippen LogP contribution in [0.1, 0.15) is 133 Å². The van der Waals surface area contributed by atoms with Gasteiger partial charge in [-0.05, 0) is 32.4 Å². The lowest BCUT2D eigenvalue weighted by atomic mass is 10.0. The average Bonchev–Trinajstić information content (AvgIpc) is 3.71. The van der Waals surface area contributed by atoms with Gasteiger partial charge in [-0.1, -0.05) is 109 Å². The number of aliphatic hydroxyl groups excluding tert-OH is 2. The Balaban J connectivity index is 1.19. The van der Waals surface area contributed by atoms with Crippen LogP contribution in [0.2, 0.25) is 0 Å². The summed E-state index contributed by atoms with van der Waals surface area (Å²) in [5.41, 5.74) is 11.8. The Morgan fingerprint density at radius 1 is 0.897 bits per heavy atom. The minimum absolute atomic E-state index is 0.00364. The molecule has 0 spiro atoms. The lowest BCUT2D eigenvalue weighted by molar-refractivity contribution is -0.145. The summed E-state index contributed by atoms with van der Waals surface area (Å²) < 4.78 is 44.0. The summed E-state index contributed by atoms with van der Waals surface area (Å²) in [5.74, 6) is -1.01. The number of rotatable bonds is 29. The number of hydrogen-bond donors (Lipinski definition) is 5. The summed E-state index contributed by atoms with van der Waals surface area (Å²) in [6.45, 7) is 6.00. The highest BCUT2D eigenvalue weighted by Crippen LogP contribution is 2.46. The van der Waals surface area contributed by atoms with Crippen LogP contribution in [-0.2, 0) is 28.1 Å². The van der Waals surface area contributed by atoms with Gasteiger partial charge < -0.3 is 45.0 Å². The molecule has 17 heteroatoms. The number of para-hydroxylation sites is 1. The van der Waals surface area contributed by atoms with Gasteiger partial charge in [0.25, 0.3) is 5.91 Å². The Hall–Kier alpha value is -3.63. The number of hydrogen-bond acceptors (Lipinski definition) is 13. The number of primary amides is 1. The van der Waals surface area contributed by atoms with E-state index in [-0.39, 0.29) is 40.6 Å². The van der Waals surface area contributed by atoms with Gasteiger partial charge in [-0.3, -0.25) is 14.1 Å². The molecular weight excluding hydrogens is 767 g/mol. The molecule has 1 aromatic carbocycles. The van der Waals surface area contributed by atoms with Gasteiger partial charge in [0.2, 0.25) is 0 Å². The number of aryl methyl sites for hydroxylation is 1. The Morgan fingerprint density at radius 3 is 2.12 bits per heavy atom. The minimum Gasteiger partial charge on any atom is -0.464 e. The molecule has 324 valence electrons. The molecule has 4 rings (SSSR count). The maximum atomic E-state index is 14.1. The lowest BCUT2D eigenvalue weighted by Crippen LogP contribution is -2.37. The highest BCUT2D eigenvalue weighted by atomic mass is 31.2. The third-order valence-electron chi connectivity index (χ3n) is 10.1. The predicted octanol–water partition coefficient (Wildman–Crippen LogP) is 6.65. The maximum absolute atomic E-state index is 14.1. The second-order valence-electron chi connectivity index (χ2n) is 15.0. The standard InChI is InChI=1S/C41H65N6O10P/c1-4-5-6-7-8-9-10-11-12-13-14-15-16-20-24-53-25-21-26-54-41(51)29(2)46-58(52,57-31-22-18-17-19-23-31)55-28-33-35(48)36(49)40(56-33)47-27-32(38(43)50)34-37(42)44-30(3)45-39(34)47/h17-19,22-23,27,29,33,35-36,40,48-49H,4-16,20-21,24-26,28H2,1-3H3,(H2,43,50)(H,46,52)(H2,42,44,45)/t29-,33+,35+,36+,40?,58?/m0/s1. The van der Waals surface area contributed by atoms with Crippen molar-refractivity contribution < 1.29 is 47.6 Å². The van der Waals surface area contributed by atoms with Gasteiger partial charge in [0, 0.05) is 25.8 Å². The largest absolute Gasteiger partial charge is 0.464 e. The van der Waals surface area contributed by atoms with Crippen LogP contribution in [0.4, 0.5) is 5.82 Å². The van der Waals surface area contributed by atoms with Crippen molar-refractivity contribution in [3.05, 3.63) is 47.9 Å². The average molecular weight is 833 g/mol. The fourth-order valence-electron chi connectivity index (χ4n) is 6.90. The van der Waals surface area contributed by atoms with E-state index in [1.165, 1.54) is 94.7 Å². The van der Waals surface area contributed by atoms with Crippen molar-refractivity contribution in [2.45, 2.75) is 148 Å². The molecule has 1 aliphatic heterocycles. The Morgan fingerprint density at radius 2 is 1.50 bits per heavy atom. The van der Waals surface area contributed by atoms with Crippen LogP contribution < -0.4 is 21.1 Å². The third kappa shape index (κ3) is 14.6. The Kier molecular flexibility index (Phi) is 19.8. The number of carbonyl (C=O) groups is 2. The zero-order valence-corrected chi connectivity index (χ0v) is 35.3. The number of nitrogens with zero attached hydrogens (tertiary/aromatic N) is 3. The monoisotopic (exact) mass is 832 g/mol. The van der Waals surface area contributed by atoms with Crippen molar-refractivity contribution in [3.8, 4) is 5.75 Å². The molecule has 58 heavy (non-hydrogen) atoms. The number of amides is 1. The van der Waals surface area contributed by atoms with Crippen molar-refractivity contribution in [1.82, 2.24) is 19.6 Å². The van der Waals surface area contributed by atoms with E-state index in [0.29, 0.717) is 19.6 Å². The Labute approximate surface area is 342 Å². The van der Waals surface area contributed by atoms with Crippen LogP contribution in [0, 0.1) is 6.92 Å². The number of ether oxygens (including phenoxy) is 3. The number of esters is 1. The van der Waals surface area contributed by atoms with Gasteiger partial charge in [-0.2, -0.15) is 5.09 Å². The predicted molar refractivity (Wildman–Crippen MR) is 221 cm³/mol. The zero-order valence-electron chi connectivity index (χ0n) is 34.4. The van der Waals surface area contributed by atoms with Crippen molar-refractivity contribution >= 4 is 36.5 Å². The number of anilines is 1. The summed E-state index contributed by atoms with van der Waals surface area (Å²) in [5, 5.41) is 24.8. The molecular formula is C41H65N6O10P. The maximum Gasteiger partial charge on any atom is 0.459 e. The number of fused-ring (bicyclic) bond motifs is 1. The van der Waals surface area contributed by atoms with Gasteiger partial charge >= 0.3 is 13.7 Å². The normalized spacial score (nSPS) is 19.6. The number of aliphatic hydroxyl groups is 2. The molecule has 0 radical (unpaired) electrons. The molecule has 2 aromatic heterocycles. The first kappa shape index (κ1) is 47.1. The van der Waals surface area contributed by atoms with Gasteiger partial charge in [-0.25, -0.2) is 14.5 Å². The molecule has 0 bridgehead atoms. The number of nitrogens with one attached hydrogen (secondary N) is 1. The van der Waals surface area contributed by atoms with E-state index < -0.39 is 56.8 Å². The second-order valence-corrected chi connectivity index (χ2v) is 16.7. The molecule has 1 saturated heterocycles. The van der Waals surface area contributed by atoms with E-state index >= 15 is 0 Å². The number of benzene rings is 1. The number of nitrogen functional groups attached to an aromatic ring is 1. The summed E-state index contributed by atoms with van der Waals surface area (Å²) in [7, 11) is -4.34. The molecule has 0 saturated carbocycles. The molecule has 0 aliphatic carbocycles. The number of carbonyl (C=O) groups excluding carboxylic acids is 2. The van der Waals surface area contributed by atoms with Crippen molar-refractivity contribution in [3.63, 3.8) is 0 Å². The van der Waals surface area contributed by atoms with E-state index in [1.807, 2.05) is 0 Å². The van der Waals surface area contributed by atoms with Crippen molar-refractivity contribution in [1.29, 1.82) is 0 Å². The van der Waals surface area contributed by atoms with Gasteiger partial charge in [0.1, 0.15) is 47.4 Å². The van der Waals surface area contributed by atoms with Crippen LogP contribution in [0.3, 0.4) is 0 Å². The molecule has 3 aromatic rings. The van der Waals surface area contributed by atoms with Crippen molar-refractivity contribution in [2.75, 3.05) is 32.2 Å². The second kappa shape index (κ2) is 24.5. The smallest absolute Gasteiger partial charge is 0.459 e. The fourth-order valence-corrected chi connectivity index (χ4v) is 8.40. The number of unbranched alkanes of at least 4 members (excludes halogenated alkanes) is 13. The topological polar surface area (TPSA) is 233 Å². The van der Waals surface area contributed by atoms with E-state index in [2.05, 4.69) is 22.0 Å². The van der Waals surface area contributed by atoms with Gasteiger partial charge in [-0.15, -0.1) is 0 Å². The first-order valence-corrected chi connectivity index (χ1v) is 22.5. The fraction of sp³-hybridized carbons (Fsp3) is 0.659. The summed E-state index contributed by atoms with van der Waals surface area (Å²) >= 11 is 0. The molecule has 2 unspecified atom stereocenters. The SMILES string of the molecule is CCCCCCCCCCCCCCCCOCCCOC(=O)[C@H](C)NP(=O)(OC[C@H]1OC(n2cc(C(N)=O)c3c(N)nc(C)nc32)[C@H](O)[C@@H]1O)Oc1ccccc1. The van der Waals surface area contributed by atoms with Crippen LogP contribution in [0.5, 0.6) is 5.75 Å².